The van der Waals surface area contributed by atoms with Crippen LogP contribution in [0.3, 0.4) is 0 Å². The van der Waals surface area contributed by atoms with Crippen LogP contribution in [-0.2, 0) is 6.61 Å². The van der Waals surface area contributed by atoms with Crippen LogP contribution >= 0.6 is 0 Å². The number of hydrogen-bond acceptors (Lipinski definition) is 3. The number of ether oxygens (including phenoxy) is 2. The molecular weight excluding hydrogens is 324 g/mol. The van der Waals surface area contributed by atoms with E-state index >= 15 is 0 Å². The molecule has 0 saturated carbocycles. The zero-order chi connectivity index (χ0) is 17.9. The van der Waals surface area contributed by atoms with Crippen molar-refractivity contribution in [2.45, 2.75) is 13.5 Å². The number of aromatic nitrogens is 2. The van der Waals surface area contributed by atoms with Gasteiger partial charge in [-0.3, -0.25) is 4.57 Å². The van der Waals surface area contributed by atoms with Gasteiger partial charge in [-0.25, -0.2) is 4.98 Å². The fraction of sp³-hybridized carbons (Fsp3) is 0.136. The van der Waals surface area contributed by atoms with E-state index in [2.05, 4.69) is 41.8 Å². The summed E-state index contributed by atoms with van der Waals surface area (Å²) >= 11 is 0. The third-order valence-corrected chi connectivity index (χ3v) is 4.35. The summed E-state index contributed by atoms with van der Waals surface area (Å²) in [6.45, 7) is 2.43. The summed E-state index contributed by atoms with van der Waals surface area (Å²) in [4.78, 5) is 4.78. The smallest absolute Gasteiger partial charge is 0.161 e. The molecule has 4 heteroatoms. The summed E-state index contributed by atoms with van der Waals surface area (Å²) in [5, 5.41) is 0. The van der Waals surface area contributed by atoms with Gasteiger partial charge in [0.25, 0.3) is 0 Å². The molecule has 0 bridgehead atoms. The van der Waals surface area contributed by atoms with E-state index in [0.29, 0.717) is 18.1 Å². The van der Waals surface area contributed by atoms with E-state index in [4.69, 9.17) is 14.5 Å². The first-order valence-electron chi connectivity index (χ1n) is 8.55. The van der Waals surface area contributed by atoms with Gasteiger partial charge in [-0.2, -0.15) is 0 Å². The molecule has 26 heavy (non-hydrogen) atoms. The van der Waals surface area contributed by atoms with Crippen molar-refractivity contribution < 1.29 is 9.47 Å². The van der Waals surface area contributed by atoms with Gasteiger partial charge < -0.3 is 9.47 Å². The molecule has 0 aliphatic rings. The molecule has 0 aliphatic heterocycles. The fourth-order valence-electron chi connectivity index (χ4n) is 3.03. The first-order chi connectivity index (χ1) is 12.8. The maximum atomic E-state index is 6.02. The van der Waals surface area contributed by atoms with Gasteiger partial charge in [0, 0.05) is 5.69 Å². The zero-order valence-corrected chi connectivity index (χ0v) is 14.8. The Bertz CT molecular complexity index is 1040. The Balaban J connectivity index is 1.75. The number of aryl methyl sites for hydroxylation is 1. The Morgan fingerprint density at radius 1 is 0.846 bits per heavy atom. The molecule has 0 unspecified atom stereocenters. The molecule has 0 amide bonds. The van der Waals surface area contributed by atoms with E-state index in [1.165, 1.54) is 5.56 Å². The first-order valence-corrected chi connectivity index (χ1v) is 8.55. The maximum absolute atomic E-state index is 6.02. The normalized spacial score (nSPS) is 10.8. The Morgan fingerprint density at radius 2 is 1.54 bits per heavy atom. The van der Waals surface area contributed by atoms with Crippen LogP contribution < -0.4 is 9.47 Å². The highest BCUT2D eigenvalue weighted by Gasteiger charge is 2.13. The summed E-state index contributed by atoms with van der Waals surface area (Å²) in [5.41, 5.74) is 4.31. The van der Waals surface area contributed by atoms with Crippen molar-refractivity contribution in [1.29, 1.82) is 0 Å². The number of nitrogens with zero attached hydrogens (tertiary/aromatic N) is 2. The molecule has 4 nitrogen and oxygen atoms in total. The lowest BCUT2D eigenvalue weighted by atomic mass is 10.2. The molecule has 4 aromatic rings. The van der Waals surface area contributed by atoms with Gasteiger partial charge in [0.2, 0.25) is 0 Å². The third-order valence-electron chi connectivity index (χ3n) is 4.35. The first kappa shape index (κ1) is 16.2. The third kappa shape index (κ3) is 3.02. The molecule has 0 atom stereocenters. The summed E-state index contributed by atoms with van der Waals surface area (Å²) < 4.78 is 13.5. The monoisotopic (exact) mass is 344 g/mol. The van der Waals surface area contributed by atoms with Gasteiger partial charge in [-0.05, 0) is 43.3 Å². The number of fused-ring (bicyclic) bond motifs is 1. The van der Waals surface area contributed by atoms with E-state index < -0.39 is 0 Å². The van der Waals surface area contributed by atoms with Gasteiger partial charge in [-0.1, -0.05) is 42.0 Å². The minimum atomic E-state index is 0.350. The molecule has 1 aromatic heterocycles. The van der Waals surface area contributed by atoms with Crippen molar-refractivity contribution in [3.63, 3.8) is 0 Å². The second-order valence-corrected chi connectivity index (χ2v) is 6.13. The molecule has 0 aliphatic carbocycles. The lowest BCUT2D eigenvalue weighted by Gasteiger charge is -2.12. The van der Waals surface area contributed by atoms with Crippen LogP contribution in [0.5, 0.6) is 11.5 Å². The highest BCUT2D eigenvalue weighted by Crippen LogP contribution is 2.28. The number of benzene rings is 3. The van der Waals surface area contributed by atoms with Gasteiger partial charge in [0.1, 0.15) is 6.61 Å². The van der Waals surface area contributed by atoms with E-state index in [1.807, 2.05) is 42.5 Å². The Labute approximate surface area is 152 Å². The minimum absolute atomic E-state index is 0.350. The van der Waals surface area contributed by atoms with Crippen LogP contribution in [0.15, 0.2) is 72.8 Å². The van der Waals surface area contributed by atoms with E-state index in [-0.39, 0.29) is 0 Å². The molecule has 4 rings (SSSR count). The lowest BCUT2D eigenvalue weighted by Crippen LogP contribution is -2.06. The molecule has 0 spiro atoms. The summed E-state index contributed by atoms with van der Waals surface area (Å²) in [7, 11) is 1.64. The highest BCUT2D eigenvalue weighted by molar-refractivity contribution is 5.78. The molecule has 3 aromatic carbocycles. The quantitative estimate of drug-likeness (QED) is 0.515. The van der Waals surface area contributed by atoms with Gasteiger partial charge in [0.05, 0.1) is 18.1 Å². The molecular formula is C22H20N2O2. The fourth-order valence-corrected chi connectivity index (χ4v) is 3.03. The Kier molecular flexibility index (Phi) is 4.32. The van der Waals surface area contributed by atoms with Gasteiger partial charge in [-0.15, -0.1) is 0 Å². The molecule has 0 fully saturated rings. The minimum Gasteiger partial charge on any atom is -0.493 e. The van der Waals surface area contributed by atoms with E-state index in [1.54, 1.807) is 7.11 Å². The zero-order valence-electron chi connectivity index (χ0n) is 14.8. The number of para-hydroxylation sites is 4. The van der Waals surface area contributed by atoms with E-state index in [9.17, 15) is 0 Å². The standard InChI is InChI=1S/C22H20N2O2/c1-16-11-13-17(14-12-16)24-19-8-4-3-7-18(19)23-22(24)15-26-21-10-6-5-9-20(21)25-2/h3-14H,15H2,1-2H3. The van der Waals surface area contributed by atoms with Crippen LogP contribution in [0.25, 0.3) is 16.7 Å². The number of rotatable bonds is 5. The second-order valence-electron chi connectivity index (χ2n) is 6.13. The van der Waals surface area contributed by atoms with Crippen LogP contribution in [0.2, 0.25) is 0 Å². The topological polar surface area (TPSA) is 36.3 Å². The second kappa shape index (κ2) is 6.92. The SMILES string of the molecule is COc1ccccc1OCc1nc2ccccc2n1-c1ccc(C)cc1. The molecule has 0 saturated heterocycles. The summed E-state index contributed by atoms with van der Waals surface area (Å²) in [5.74, 6) is 2.27. The molecule has 1 heterocycles. The predicted molar refractivity (Wildman–Crippen MR) is 103 cm³/mol. The summed E-state index contributed by atoms with van der Waals surface area (Å²) in [6, 6.07) is 24.2. The highest BCUT2D eigenvalue weighted by atomic mass is 16.5. The van der Waals surface area contributed by atoms with Crippen LogP contribution in [0.1, 0.15) is 11.4 Å². The van der Waals surface area contributed by atoms with Crippen molar-refractivity contribution in [2.75, 3.05) is 7.11 Å². The lowest BCUT2D eigenvalue weighted by molar-refractivity contribution is 0.275. The van der Waals surface area contributed by atoms with Crippen molar-refractivity contribution in [1.82, 2.24) is 9.55 Å². The Hall–Kier alpha value is -3.27. The van der Waals surface area contributed by atoms with Crippen LogP contribution in [0, 0.1) is 6.92 Å². The van der Waals surface area contributed by atoms with Crippen LogP contribution in [-0.4, -0.2) is 16.7 Å². The number of imidazole rings is 1. The number of hydrogen-bond donors (Lipinski definition) is 0. The van der Waals surface area contributed by atoms with Gasteiger partial charge in [0.15, 0.2) is 17.3 Å². The van der Waals surface area contributed by atoms with E-state index in [0.717, 1.165) is 22.5 Å². The van der Waals surface area contributed by atoms with Crippen molar-refractivity contribution in [3.8, 4) is 17.2 Å². The molecule has 0 N–H and O–H groups in total. The Morgan fingerprint density at radius 3 is 2.31 bits per heavy atom. The van der Waals surface area contributed by atoms with Crippen molar-refractivity contribution in [3.05, 3.63) is 84.2 Å². The molecule has 0 radical (unpaired) electrons. The summed E-state index contributed by atoms with van der Waals surface area (Å²) in [6.07, 6.45) is 0. The number of methoxy groups -OCH3 is 1. The predicted octanol–water partition coefficient (Wildman–Crippen LogP) is 4.92. The average molecular weight is 344 g/mol. The van der Waals surface area contributed by atoms with Crippen molar-refractivity contribution in [2.24, 2.45) is 0 Å². The van der Waals surface area contributed by atoms with Crippen molar-refractivity contribution >= 4 is 11.0 Å². The van der Waals surface area contributed by atoms with Gasteiger partial charge >= 0.3 is 0 Å². The van der Waals surface area contributed by atoms with Crippen LogP contribution in [0.4, 0.5) is 0 Å². The maximum Gasteiger partial charge on any atom is 0.161 e. The average Bonchev–Trinajstić information content (AvgIpc) is 3.05. The molecule has 130 valence electrons. The largest absolute Gasteiger partial charge is 0.493 e.